The lowest BCUT2D eigenvalue weighted by Crippen LogP contribution is -2.33. The number of rotatable bonds is 5. The number of fused-ring (bicyclic) bond motifs is 1. The molecule has 3 rings (SSSR count). The van der Waals surface area contributed by atoms with Crippen LogP contribution >= 0.6 is 0 Å². The van der Waals surface area contributed by atoms with Gasteiger partial charge in [0.15, 0.2) is 9.84 Å². The highest BCUT2D eigenvalue weighted by Gasteiger charge is 2.28. The molecule has 0 radical (unpaired) electrons. The molecule has 8 nitrogen and oxygen atoms in total. The maximum atomic E-state index is 12.6. The molecule has 1 aromatic carbocycles. The van der Waals surface area contributed by atoms with Gasteiger partial charge < -0.3 is 0 Å². The molecule has 2 heterocycles. The summed E-state index contributed by atoms with van der Waals surface area (Å²) in [5.74, 6) is 0.484. The second-order valence-corrected chi connectivity index (χ2v) is 9.53. The number of sulfonamides is 1. The van der Waals surface area contributed by atoms with Crippen molar-refractivity contribution >= 4 is 19.9 Å². The van der Waals surface area contributed by atoms with Crippen LogP contribution in [0.5, 0.6) is 0 Å². The summed E-state index contributed by atoms with van der Waals surface area (Å²) in [7, 11) is -7.34. The Bertz CT molecular complexity index is 951. The number of nitrogens with zero attached hydrogens (tertiary/aromatic N) is 3. The smallest absolute Gasteiger partial charge is 0.241 e. The number of sulfone groups is 1. The van der Waals surface area contributed by atoms with Gasteiger partial charge in [0.05, 0.1) is 21.6 Å². The molecule has 1 N–H and O–H groups in total. The number of aromatic nitrogens is 3. The highest BCUT2D eigenvalue weighted by atomic mass is 32.2. The van der Waals surface area contributed by atoms with Crippen LogP contribution in [0.1, 0.15) is 31.6 Å². The van der Waals surface area contributed by atoms with E-state index in [0.717, 1.165) is 6.42 Å². The number of hydrogen-bond acceptors (Lipinski definition) is 6. The van der Waals surface area contributed by atoms with E-state index in [1.54, 1.807) is 4.68 Å². The maximum absolute atomic E-state index is 12.6. The van der Waals surface area contributed by atoms with E-state index in [0.29, 0.717) is 18.8 Å². The lowest BCUT2D eigenvalue weighted by Gasteiger charge is -2.23. The van der Waals surface area contributed by atoms with E-state index in [9.17, 15) is 16.8 Å². The Morgan fingerprint density at radius 1 is 1.25 bits per heavy atom. The van der Waals surface area contributed by atoms with Crippen LogP contribution in [0.15, 0.2) is 40.4 Å². The van der Waals surface area contributed by atoms with Gasteiger partial charge in [-0.25, -0.2) is 31.2 Å². The van der Waals surface area contributed by atoms with Gasteiger partial charge in [0, 0.05) is 6.54 Å². The van der Waals surface area contributed by atoms with Crippen LogP contribution in [0.4, 0.5) is 0 Å². The highest BCUT2D eigenvalue weighted by molar-refractivity contribution is 7.91. The lowest BCUT2D eigenvalue weighted by atomic mass is 10.1. The van der Waals surface area contributed by atoms with Gasteiger partial charge >= 0.3 is 0 Å². The van der Waals surface area contributed by atoms with Gasteiger partial charge in [-0.3, -0.25) is 0 Å². The number of nitrogens with one attached hydrogen (secondary N) is 1. The van der Waals surface area contributed by atoms with E-state index in [4.69, 9.17) is 0 Å². The van der Waals surface area contributed by atoms with Gasteiger partial charge in [0.2, 0.25) is 10.0 Å². The minimum absolute atomic E-state index is 0.000291. The van der Waals surface area contributed by atoms with Crippen LogP contribution in [0, 0.1) is 0 Å². The molecule has 0 bridgehead atoms. The number of aryl methyl sites for hydroxylation is 1. The van der Waals surface area contributed by atoms with Crippen LogP contribution in [0.3, 0.4) is 0 Å². The molecule has 0 saturated carbocycles. The van der Waals surface area contributed by atoms with E-state index in [1.807, 2.05) is 0 Å². The van der Waals surface area contributed by atoms with Crippen molar-refractivity contribution in [1.82, 2.24) is 19.5 Å². The monoisotopic (exact) mass is 370 g/mol. The molecule has 1 aromatic heterocycles. The van der Waals surface area contributed by atoms with E-state index in [1.165, 1.54) is 37.5 Å². The van der Waals surface area contributed by atoms with Gasteiger partial charge in [-0.05, 0) is 31.0 Å². The Hall–Kier alpha value is -1.78. The zero-order valence-electron chi connectivity index (χ0n) is 13.1. The van der Waals surface area contributed by atoms with Crippen molar-refractivity contribution in [2.75, 3.05) is 5.75 Å². The average molecular weight is 370 g/mol. The average Bonchev–Trinajstić information content (AvgIpc) is 3.04. The van der Waals surface area contributed by atoms with Gasteiger partial charge in [0.25, 0.3) is 0 Å². The third kappa shape index (κ3) is 3.21. The molecule has 0 fully saturated rings. The minimum atomic E-state index is -3.87. The van der Waals surface area contributed by atoms with Crippen molar-refractivity contribution in [2.45, 2.75) is 42.1 Å². The predicted octanol–water partition coefficient (Wildman–Crippen LogP) is 0.885. The zero-order valence-corrected chi connectivity index (χ0v) is 14.7. The molecule has 0 amide bonds. The van der Waals surface area contributed by atoms with Crippen LogP contribution in [0.2, 0.25) is 0 Å². The molecule has 1 unspecified atom stereocenters. The summed E-state index contributed by atoms with van der Waals surface area (Å²) in [6, 6.07) is 4.92. The van der Waals surface area contributed by atoms with Gasteiger partial charge in [-0.2, -0.15) is 5.10 Å². The molecule has 130 valence electrons. The predicted molar refractivity (Wildman–Crippen MR) is 86.5 cm³/mol. The van der Waals surface area contributed by atoms with Crippen molar-refractivity contribution < 1.29 is 16.8 Å². The molecule has 0 aliphatic carbocycles. The van der Waals surface area contributed by atoms with Crippen LogP contribution in [0.25, 0.3) is 0 Å². The first kappa shape index (κ1) is 17.1. The Labute approximate surface area is 140 Å². The molecule has 1 atom stereocenters. The first-order valence-corrected chi connectivity index (χ1v) is 10.7. The fourth-order valence-corrected chi connectivity index (χ4v) is 4.93. The van der Waals surface area contributed by atoms with Crippen LogP contribution in [-0.2, 0) is 26.4 Å². The van der Waals surface area contributed by atoms with Gasteiger partial charge in [0.1, 0.15) is 12.2 Å². The van der Waals surface area contributed by atoms with Crippen molar-refractivity contribution in [2.24, 2.45) is 0 Å². The molecule has 24 heavy (non-hydrogen) atoms. The van der Waals surface area contributed by atoms with Crippen molar-refractivity contribution in [3.8, 4) is 0 Å². The second-order valence-electron chi connectivity index (χ2n) is 5.54. The van der Waals surface area contributed by atoms with E-state index in [2.05, 4.69) is 14.8 Å². The number of benzene rings is 1. The quantitative estimate of drug-likeness (QED) is 0.836. The molecule has 1 aliphatic heterocycles. The Kier molecular flexibility index (Phi) is 4.45. The first-order chi connectivity index (χ1) is 11.3. The van der Waals surface area contributed by atoms with Crippen LogP contribution in [-0.4, -0.2) is 37.4 Å². The molecular formula is C14H18N4O4S2. The zero-order chi connectivity index (χ0) is 17.4. The molecule has 1 aliphatic rings. The van der Waals surface area contributed by atoms with Crippen molar-refractivity contribution in [3.05, 3.63) is 36.4 Å². The minimum Gasteiger partial charge on any atom is -0.248 e. The van der Waals surface area contributed by atoms with E-state index >= 15 is 0 Å². The van der Waals surface area contributed by atoms with Gasteiger partial charge in [-0.1, -0.05) is 13.0 Å². The maximum Gasteiger partial charge on any atom is 0.241 e. The highest BCUT2D eigenvalue weighted by Crippen LogP contribution is 2.25. The SMILES string of the molecule is CCS(=O)(=O)c1cccc(S(=O)(=O)NC2CCCn3ncnc32)c1. The molecular weight excluding hydrogens is 352 g/mol. The van der Waals surface area contributed by atoms with Crippen molar-refractivity contribution in [1.29, 1.82) is 0 Å². The summed E-state index contributed by atoms with van der Waals surface area (Å²) in [5, 5.41) is 4.06. The first-order valence-electron chi connectivity index (χ1n) is 7.56. The fourth-order valence-electron chi connectivity index (χ4n) is 2.66. The molecule has 0 saturated heterocycles. The summed E-state index contributed by atoms with van der Waals surface area (Å²) in [6.07, 6.45) is 2.80. The molecule has 0 spiro atoms. The fraction of sp³-hybridized carbons (Fsp3) is 0.429. The summed E-state index contributed by atoms with van der Waals surface area (Å²) in [6.45, 7) is 2.22. The molecule has 2 aromatic rings. The third-order valence-electron chi connectivity index (χ3n) is 3.97. The Morgan fingerprint density at radius 2 is 2.00 bits per heavy atom. The van der Waals surface area contributed by atoms with Crippen LogP contribution < -0.4 is 4.72 Å². The summed E-state index contributed by atoms with van der Waals surface area (Å²) < 4.78 is 53.5. The van der Waals surface area contributed by atoms with Gasteiger partial charge in [-0.15, -0.1) is 0 Å². The lowest BCUT2D eigenvalue weighted by molar-refractivity contribution is 0.400. The number of hydrogen-bond donors (Lipinski definition) is 1. The topological polar surface area (TPSA) is 111 Å². The second kappa shape index (κ2) is 6.26. The van der Waals surface area contributed by atoms with E-state index < -0.39 is 25.9 Å². The van der Waals surface area contributed by atoms with E-state index in [-0.39, 0.29) is 15.5 Å². The Balaban J connectivity index is 1.92. The summed E-state index contributed by atoms with van der Waals surface area (Å²) in [5.41, 5.74) is 0. The largest absolute Gasteiger partial charge is 0.248 e. The van der Waals surface area contributed by atoms with Crippen molar-refractivity contribution in [3.63, 3.8) is 0 Å². The third-order valence-corrected chi connectivity index (χ3v) is 7.17. The Morgan fingerprint density at radius 3 is 2.75 bits per heavy atom. The standard InChI is InChI=1S/C14H18N4O4S2/c1-2-23(19,20)11-5-3-6-12(9-11)24(21,22)17-13-7-4-8-18-14(13)15-10-16-18/h3,5-6,9-10,13,17H,2,4,7-8H2,1H3. The molecule has 10 heteroatoms. The normalized spacial score (nSPS) is 18.3. The summed E-state index contributed by atoms with van der Waals surface area (Å²) >= 11 is 0. The summed E-state index contributed by atoms with van der Waals surface area (Å²) in [4.78, 5) is 4.04.